The molecule has 2 amide bonds. The number of benzene rings is 1. The maximum Gasteiger partial charge on any atom is 0.319 e. The number of hydrogen-bond donors (Lipinski definition) is 3. The molecule has 1 aromatic rings. The van der Waals surface area contributed by atoms with E-state index in [0.29, 0.717) is 12.2 Å². The molecule has 0 saturated carbocycles. The van der Waals surface area contributed by atoms with E-state index in [-0.39, 0.29) is 11.7 Å². The molecule has 0 aromatic heterocycles. The second-order valence-corrected chi connectivity index (χ2v) is 6.33. The van der Waals surface area contributed by atoms with Crippen molar-refractivity contribution in [1.82, 2.24) is 5.32 Å². The topological polar surface area (TPSA) is 70.6 Å². The normalized spacial score (nSPS) is 12.9. The maximum absolute atomic E-state index is 13.1. The highest BCUT2D eigenvalue weighted by molar-refractivity contribution is 5.90. The van der Waals surface area contributed by atoms with Crippen LogP contribution in [-0.4, -0.2) is 30.9 Å². The molecule has 0 spiro atoms. The standard InChI is InChI=1S/C16H25FN2O3/c1-10(2)14(20)16(3,4)9-18-15(21)19-12-7-6-11(17)8-13(12)22-5/h6-8,10,14,20H,9H2,1-5H3,(H2,18,19,21). The van der Waals surface area contributed by atoms with E-state index in [9.17, 15) is 14.3 Å². The van der Waals surface area contributed by atoms with Gasteiger partial charge in [0, 0.05) is 18.0 Å². The summed E-state index contributed by atoms with van der Waals surface area (Å²) in [5.74, 6) is -0.0994. The van der Waals surface area contributed by atoms with Crippen molar-refractivity contribution in [1.29, 1.82) is 0 Å². The van der Waals surface area contributed by atoms with Crippen LogP contribution in [0.5, 0.6) is 5.75 Å². The van der Waals surface area contributed by atoms with E-state index >= 15 is 0 Å². The van der Waals surface area contributed by atoms with Crippen LogP contribution < -0.4 is 15.4 Å². The molecule has 22 heavy (non-hydrogen) atoms. The first-order chi connectivity index (χ1) is 10.2. The summed E-state index contributed by atoms with van der Waals surface area (Å²) in [6.07, 6.45) is -0.534. The van der Waals surface area contributed by atoms with Gasteiger partial charge in [-0.15, -0.1) is 0 Å². The predicted molar refractivity (Wildman–Crippen MR) is 84.6 cm³/mol. The number of carbonyl (C=O) groups excluding carboxylic acids is 1. The van der Waals surface area contributed by atoms with Crippen LogP contribution in [0.15, 0.2) is 18.2 Å². The third-order valence-corrected chi connectivity index (χ3v) is 3.55. The van der Waals surface area contributed by atoms with Crippen molar-refractivity contribution in [3.05, 3.63) is 24.0 Å². The fourth-order valence-corrected chi connectivity index (χ4v) is 2.25. The predicted octanol–water partition coefficient (Wildman–Crippen LogP) is 3.00. The Labute approximate surface area is 130 Å². The van der Waals surface area contributed by atoms with Gasteiger partial charge in [0.2, 0.25) is 0 Å². The minimum atomic E-state index is -0.534. The van der Waals surface area contributed by atoms with Crippen molar-refractivity contribution in [2.75, 3.05) is 19.0 Å². The molecule has 0 saturated heterocycles. The SMILES string of the molecule is COc1cc(F)ccc1NC(=O)NCC(C)(C)C(O)C(C)C. The van der Waals surface area contributed by atoms with Gasteiger partial charge in [-0.05, 0) is 18.1 Å². The van der Waals surface area contributed by atoms with E-state index in [1.54, 1.807) is 0 Å². The Bertz CT molecular complexity index is 518. The molecular formula is C16H25FN2O3. The first kappa shape index (κ1) is 18.2. The highest BCUT2D eigenvalue weighted by Crippen LogP contribution is 2.26. The summed E-state index contributed by atoms with van der Waals surface area (Å²) in [6.45, 7) is 7.93. The molecule has 0 aliphatic heterocycles. The van der Waals surface area contributed by atoms with E-state index < -0.39 is 23.4 Å². The molecule has 1 unspecified atom stereocenters. The smallest absolute Gasteiger partial charge is 0.319 e. The molecule has 0 bridgehead atoms. The number of rotatable bonds is 6. The van der Waals surface area contributed by atoms with Crippen molar-refractivity contribution in [3.63, 3.8) is 0 Å². The van der Waals surface area contributed by atoms with Crippen LogP contribution >= 0.6 is 0 Å². The molecule has 1 atom stereocenters. The highest BCUT2D eigenvalue weighted by Gasteiger charge is 2.30. The van der Waals surface area contributed by atoms with E-state index in [2.05, 4.69) is 10.6 Å². The Morgan fingerprint density at radius 3 is 2.59 bits per heavy atom. The van der Waals surface area contributed by atoms with Crippen molar-refractivity contribution in [3.8, 4) is 5.75 Å². The monoisotopic (exact) mass is 312 g/mol. The van der Waals surface area contributed by atoms with Crippen molar-refractivity contribution in [2.45, 2.75) is 33.8 Å². The lowest BCUT2D eigenvalue weighted by atomic mass is 9.81. The lowest BCUT2D eigenvalue weighted by molar-refractivity contribution is 0.0154. The Morgan fingerprint density at radius 2 is 2.05 bits per heavy atom. The molecule has 3 N–H and O–H groups in total. The average Bonchev–Trinajstić information content (AvgIpc) is 2.46. The lowest BCUT2D eigenvalue weighted by Gasteiger charge is -2.33. The molecule has 1 rings (SSSR count). The molecule has 124 valence electrons. The van der Waals surface area contributed by atoms with Gasteiger partial charge in [0.05, 0.1) is 18.9 Å². The van der Waals surface area contributed by atoms with Gasteiger partial charge < -0.3 is 20.5 Å². The van der Waals surface area contributed by atoms with Crippen molar-refractivity contribution in [2.24, 2.45) is 11.3 Å². The number of hydrogen-bond acceptors (Lipinski definition) is 3. The third-order valence-electron chi connectivity index (χ3n) is 3.55. The number of ether oxygens (including phenoxy) is 1. The Kier molecular flexibility index (Phi) is 6.17. The van der Waals surface area contributed by atoms with Gasteiger partial charge >= 0.3 is 6.03 Å². The van der Waals surface area contributed by atoms with E-state index in [4.69, 9.17) is 4.74 Å². The number of nitrogens with one attached hydrogen (secondary N) is 2. The molecule has 0 heterocycles. The molecule has 0 aliphatic rings. The van der Waals surface area contributed by atoms with E-state index in [1.165, 1.54) is 25.3 Å². The largest absolute Gasteiger partial charge is 0.494 e. The van der Waals surface area contributed by atoms with Crippen molar-refractivity contribution >= 4 is 11.7 Å². The number of methoxy groups -OCH3 is 1. The Balaban J connectivity index is 2.64. The summed E-state index contributed by atoms with van der Waals surface area (Å²) in [5, 5.41) is 15.5. The minimum absolute atomic E-state index is 0.0945. The number of aliphatic hydroxyl groups is 1. The second kappa shape index (κ2) is 7.45. The molecule has 6 heteroatoms. The molecule has 5 nitrogen and oxygen atoms in total. The summed E-state index contributed by atoms with van der Waals surface area (Å²) in [7, 11) is 1.40. The zero-order valence-electron chi connectivity index (χ0n) is 13.7. The van der Waals surface area contributed by atoms with Gasteiger partial charge in [0.15, 0.2) is 0 Å². The second-order valence-electron chi connectivity index (χ2n) is 6.33. The fraction of sp³-hybridized carbons (Fsp3) is 0.562. The van der Waals surface area contributed by atoms with Crippen LogP contribution in [0.3, 0.4) is 0 Å². The number of urea groups is 1. The number of halogens is 1. The van der Waals surface area contributed by atoms with Gasteiger partial charge in [0.25, 0.3) is 0 Å². The first-order valence-electron chi connectivity index (χ1n) is 7.24. The zero-order chi connectivity index (χ0) is 16.9. The average molecular weight is 312 g/mol. The number of amides is 2. The molecule has 0 radical (unpaired) electrons. The van der Waals surface area contributed by atoms with E-state index in [1.807, 2.05) is 27.7 Å². The summed E-state index contributed by atoms with van der Waals surface area (Å²) >= 11 is 0. The van der Waals surface area contributed by atoms with Gasteiger partial charge in [-0.2, -0.15) is 0 Å². The maximum atomic E-state index is 13.1. The van der Waals surface area contributed by atoms with Crippen molar-refractivity contribution < 1.29 is 19.0 Å². The van der Waals surface area contributed by atoms with Crippen LogP contribution in [0.1, 0.15) is 27.7 Å². The molecule has 0 aliphatic carbocycles. The quantitative estimate of drug-likeness (QED) is 0.756. The summed E-state index contributed by atoms with van der Waals surface area (Å²) in [6, 6.07) is 3.43. The summed E-state index contributed by atoms with van der Waals surface area (Å²) in [5.41, 5.74) is -0.0816. The fourth-order valence-electron chi connectivity index (χ4n) is 2.25. The Morgan fingerprint density at radius 1 is 1.41 bits per heavy atom. The zero-order valence-corrected chi connectivity index (χ0v) is 13.7. The molecule has 1 aromatic carbocycles. The van der Waals surface area contributed by atoms with Gasteiger partial charge in [-0.3, -0.25) is 0 Å². The number of aliphatic hydroxyl groups excluding tert-OH is 1. The number of anilines is 1. The third kappa shape index (κ3) is 4.87. The lowest BCUT2D eigenvalue weighted by Crippen LogP contribution is -2.44. The summed E-state index contributed by atoms with van der Waals surface area (Å²) < 4.78 is 18.1. The van der Waals surface area contributed by atoms with Gasteiger partial charge in [0.1, 0.15) is 11.6 Å². The van der Waals surface area contributed by atoms with E-state index in [0.717, 1.165) is 0 Å². The minimum Gasteiger partial charge on any atom is -0.494 e. The van der Waals surface area contributed by atoms with Crippen LogP contribution in [-0.2, 0) is 0 Å². The number of carbonyl (C=O) groups is 1. The van der Waals surface area contributed by atoms with Crippen LogP contribution in [0.4, 0.5) is 14.9 Å². The summed E-state index contributed by atoms with van der Waals surface area (Å²) in [4.78, 5) is 12.0. The van der Waals surface area contributed by atoms with Crippen LogP contribution in [0.2, 0.25) is 0 Å². The Hall–Kier alpha value is -1.82. The first-order valence-corrected chi connectivity index (χ1v) is 7.24. The molecular weight excluding hydrogens is 287 g/mol. The van der Waals surface area contributed by atoms with Crippen LogP contribution in [0.25, 0.3) is 0 Å². The molecule has 0 fully saturated rings. The van der Waals surface area contributed by atoms with Gasteiger partial charge in [-0.25, -0.2) is 9.18 Å². The van der Waals surface area contributed by atoms with Crippen LogP contribution in [0, 0.1) is 17.2 Å². The highest BCUT2D eigenvalue weighted by atomic mass is 19.1. The van der Waals surface area contributed by atoms with Gasteiger partial charge in [-0.1, -0.05) is 27.7 Å².